The Labute approximate surface area is 151 Å². The molecule has 2 N–H and O–H groups in total. The number of hydrogen-bond acceptors (Lipinski definition) is 3. The van der Waals surface area contributed by atoms with Gasteiger partial charge in [-0.2, -0.15) is 0 Å². The Morgan fingerprint density at radius 2 is 2.00 bits per heavy atom. The zero-order valence-electron chi connectivity index (χ0n) is 14.2. The third-order valence-electron chi connectivity index (χ3n) is 3.97. The highest BCUT2D eigenvalue weighted by atomic mass is 79.9. The molecule has 0 radical (unpaired) electrons. The van der Waals surface area contributed by atoms with E-state index in [9.17, 15) is 9.59 Å². The van der Waals surface area contributed by atoms with Gasteiger partial charge >= 0.3 is 12.0 Å². The highest BCUT2D eigenvalue weighted by molar-refractivity contribution is 9.10. The quantitative estimate of drug-likeness (QED) is 0.714. The van der Waals surface area contributed by atoms with Crippen LogP contribution >= 0.6 is 15.9 Å². The summed E-state index contributed by atoms with van der Waals surface area (Å²) in [6.07, 6.45) is 2.07. The Bertz CT molecular complexity index is 640. The molecule has 0 spiro atoms. The summed E-state index contributed by atoms with van der Waals surface area (Å²) in [6.45, 7) is 6.27. The second-order valence-electron chi connectivity index (χ2n) is 6.11. The standard InChI is InChI=1S/C18H23BrN2O3/c1-4-5-11(2)10-24-17(22)15-12(3)20-18(23)21-16(15)13-6-8-14(19)9-7-13/h6-9,11,16H,4-5,10H2,1-3H3,(H2,20,21,23)/t11-,16+/m0/s1. The molecule has 0 aliphatic carbocycles. The molecule has 130 valence electrons. The first-order valence-electron chi connectivity index (χ1n) is 8.13. The normalized spacial score (nSPS) is 18.7. The van der Waals surface area contributed by atoms with E-state index in [0.717, 1.165) is 22.9 Å². The Hall–Kier alpha value is -1.82. The van der Waals surface area contributed by atoms with Crippen molar-refractivity contribution in [1.29, 1.82) is 0 Å². The van der Waals surface area contributed by atoms with E-state index >= 15 is 0 Å². The van der Waals surface area contributed by atoms with Gasteiger partial charge in [0.05, 0.1) is 18.2 Å². The van der Waals surface area contributed by atoms with Crippen LogP contribution in [0.5, 0.6) is 0 Å². The zero-order chi connectivity index (χ0) is 17.7. The smallest absolute Gasteiger partial charge is 0.338 e. The van der Waals surface area contributed by atoms with Crippen molar-refractivity contribution >= 4 is 27.9 Å². The third-order valence-corrected chi connectivity index (χ3v) is 4.50. The summed E-state index contributed by atoms with van der Waals surface area (Å²) in [7, 11) is 0. The predicted molar refractivity (Wildman–Crippen MR) is 96.3 cm³/mol. The predicted octanol–water partition coefficient (Wildman–Crippen LogP) is 4.06. The van der Waals surface area contributed by atoms with Gasteiger partial charge in [0.25, 0.3) is 0 Å². The number of nitrogens with one attached hydrogen (secondary N) is 2. The third kappa shape index (κ3) is 4.60. The molecule has 2 rings (SSSR count). The van der Waals surface area contributed by atoms with Crippen molar-refractivity contribution in [3.8, 4) is 0 Å². The second kappa shape index (κ2) is 8.33. The molecule has 0 bridgehead atoms. The number of halogens is 1. The van der Waals surface area contributed by atoms with Gasteiger partial charge in [0.1, 0.15) is 0 Å². The molecule has 1 aliphatic heterocycles. The highest BCUT2D eigenvalue weighted by Crippen LogP contribution is 2.28. The Kier molecular flexibility index (Phi) is 6.43. The zero-order valence-corrected chi connectivity index (χ0v) is 15.8. The van der Waals surface area contributed by atoms with Crippen LogP contribution in [0, 0.1) is 5.92 Å². The van der Waals surface area contributed by atoms with Gasteiger partial charge in [0, 0.05) is 10.2 Å². The maximum absolute atomic E-state index is 12.6. The largest absolute Gasteiger partial charge is 0.462 e. The molecule has 0 saturated heterocycles. The summed E-state index contributed by atoms with van der Waals surface area (Å²) in [5, 5.41) is 5.46. The molecule has 0 aromatic heterocycles. The summed E-state index contributed by atoms with van der Waals surface area (Å²) in [4.78, 5) is 24.4. The first-order valence-corrected chi connectivity index (χ1v) is 8.92. The van der Waals surface area contributed by atoms with E-state index in [4.69, 9.17) is 4.74 Å². The summed E-state index contributed by atoms with van der Waals surface area (Å²) in [5.74, 6) is -0.0759. The van der Waals surface area contributed by atoms with Gasteiger partial charge in [0.15, 0.2) is 0 Å². The average Bonchev–Trinajstić information content (AvgIpc) is 2.53. The number of esters is 1. The molecule has 0 saturated carbocycles. The van der Waals surface area contributed by atoms with Crippen LogP contribution < -0.4 is 10.6 Å². The number of ether oxygens (including phenoxy) is 1. The van der Waals surface area contributed by atoms with Gasteiger partial charge in [-0.3, -0.25) is 0 Å². The van der Waals surface area contributed by atoms with E-state index in [2.05, 4.69) is 40.4 Å². The topological polar surface area (TPSA) is 67.4 Å². The Balaban J connectivity index is 2.22. The lowest BCUT2D eigenvalue weighted by atomic mass is 9.95. The van der Waals surface area contributed by atoms with E-state index in [1.54, 1.807) is 6.92 Å². The molecule has 24 heavy (non-hydrogen) atoms. The summed E-state index contributed by atoms with van der Waals surface area (Å²) >= 11 is 3.39. The Morgan fingerprint density at radius 3 is 2.62 bits per heavy atom. The summed E-state index contributed by atoms with van der Waals surface area (Å²) < 4.78 is 6.41. The fraction of sp³-hybridized carbons (Fsp3) is 0.444. The van der Waals surface area contributed by atoms with Crippen LogP contribution in [0.4, 0.5) is 4.79 Å². The fourth-order valence-corrected chi connectivity index (χ4v) is 3.01. The van der Waals surface area contributed by atoms with E-state index in [1.165, 1.54) is 0 Å². The number of hydrogen-bond donors (Lipinski definition) is 2. The molecule has 6 heteroatoms. The van der Waals surface area contributed by atoms with E-state index in [-0.39, 0.29) is 6.03 Å². The van der Waals surface area contributed by atoms with Crippen molar-refractivity contribution in [3.05, 3.63) is 45.6 Å². The number of rotatable bonds is 6. The number of urea groups is 1. The molecule has 2 amide bonds. The molecule has 2 atom stereocenters. The first kappa shape index (κ1) is 18.5. The maximum atomic E-state index is 12.6. The van der Waals surface area contributed by atoms with Gasteiger partial charge < -0.3 is 15.4 Å². The van der Waals surface area contributed by atoms with Crippen molar-refractivity contribution in [2.45, 2.75) is 39.7 Å². The van der Waals surface area contributed by atoms with Crippen LogP contribution in [0.2, 0.25) is 0 Å². The first-order chi connectivity index (χ1) is 11.4. The monoisotopic (exact) mass is 394 g/mol. The molecule has 1 aromatic rings. The minimum atomic E-state index is -0.513. The van der Waals surface area contributed by atoms with Crippen LogP contribution in [0.3, 0.4) is 0 Å². The van der Waals surface area contributed by atoms with Crippen molar-refractivity contribution in [3.63, 3.8) is 0 Å². The summed E-state index contributed by atoms with van der Waals surface area (Å²) in [6, 6.07) is 6.68. The highest BCUT2D eigenvalue weighted by Gasteiger charge is 2.32. The van der Waals surface area contributed by atoms with Gasteiger partial charge in [0.2, 0.25) is 0 Å². The van der Waals surface area contributed by atoms with Gasteiger partial charge in [-0.25, -0.2) is 9.59 Å². The molecule has 1 aromatic carbocycles. The number of carbonyl (C=O) groups excluding carboxylic acids is 2. The number of carbonyl (C=O) groups is 2. The van der Waals surface area contributed by atoms with Gasteiger partial charge in [-0.15, -0.1) is 0 Å². The minimum absolute atomic E-state index is 0.317. The lowest BCUT2D eigenvalue weighted by molar-refractivity contribution is -0.140. The molecule has 0 unspecified atom stereocenters. The molecule has 1 heterocycles. The molecule has 1 aliphatic rings. The maximum Gasteiger partial charge on any atom is 0.338 e. The van der Waals surface area contributed by atoms with Crippen molar-refractivity contribution in [2.75, 3.05) is 6.61 Å². The fourth-order valence-electron chi connectivity index (χ4n) is 2.74. The van der Waals surface area contributed by atoms with Crippen LogP contribution in [0.1, 0.15) is 45.2 Å². The van der Waals surface area contributed by atoms with Crippen molar-refractivity contribution in [1.82, 2.24) is 10.6 Å². The van der Waals surface area contributed by atoms with Crippen LogP contribution in [-0.4, -0.2) is 18.6 Å². The minimum Gasteiger partial charge on any atom is -0.462 e. The lowest BCUT2D eigenvalue weighted by Crippen LogP contribution is -2.45. The van der Waals surface area contributed by atoms with Crippen LogP contribution in [0.25, 0.3) is 0 Å². The molecule has 5 nitrogen and oxygen atoms in total. The van der Waals surface area contributed by atoms with Crippen molar-refractivity contribution < 1.29 is 14.3 Å². The van der Waals surface area contributed by atoms with Crippen LogP contribution in [-0.2, 0) is 9.53 Å². The Morgan fingerprint density at radius 1 is 1.33 bits per heavy atom. The average molecular weight is 395 g/mol. The SMILES string of the molecule is CCC[C@H](C)COC(=O)C1=C(C)NC(=O)N[C@@H]1c1ccc(Br)cc1. The number of allylic oxidation sites excluding steroid dienone is 1. The number of benzene rings is 1. The molecular formula is C18H23BrN2O3. The molecule has 0 fully saturated rings. The van der Waals surface area contributed by atoms with E-state index < -0.39 is 12.0 Å². The summed E-state index contributed by atoms with van der Waals surface area (Å²) in [5.41, 5.74) is 1.81. The van der Waals surface area contributed by atoms with Crippen molar-refractivity contribution in [2.24, 2.45) is 5.92 Å². The molecular weight excluding hydrogens is 372 g/mol. The lowest BCUT2D eigenvalue weighted by Gasteiger charge is -2.28. The van der Waals surface area contributed by atoms with Gasteiger partial charge in [-0.1, -0.05) is 48.3 Å². The number of amides is 2. The van der Waals surface area contributed by atoms with Crippen LogP contribution in [0.15, 0.2) is 40.0 Å². The van der Waals surface area contributed by atoms with E-state index in [1.807, 2.05) is 24.3 Å². The second-order valence-corrected chi connectivity index (χ2v) is 7.03. The van der Waals surface area contributed by atoms with Gasteiger partial charge in [-0.05, 0) is 37.0 Å². The van der Waals surface area contributed by atoms with E-state index in [0.29, 0.717) is 23.8 Å².